The van der Waals surface area contributed by atoms with E-state index < -0.39 is 5.41 Å². The molecule has 0 aliphatic rings. The molecule has 1 aromatic heterocycles. The molecule has 4 nitrogen and oxygen atoms in total. The Morgan fingerprint density at radius 3 is 2.41 bits per heavy atom. The Morgan fingerprint density at radius 2 is 1.82 bits per heavy atom. The third-order valence-electron chi connectivity index (χ3n) is 3.44. The molecule has 0 spiro atoms. The molecule has 0 radical (unpaired) electrons. The minimum atomic E-state index is -0.482. The number of aromatic amines is 1. The summed E-state index contributed by atoms with van der Waals surface area (Å²) in [5, 5.41) is 2.85. The Kier molecular flexibility index (Phi) is 4.50. The molecule has 2 N–H and O–H groups in total. The van der Waals surface area contributed by atoms with Crippen LogP contribution in [0.1, 0.15) is 32.0 Å². The van der Waals surface area contributed by atoms with Crippen molar-refractivity contribution < 1.29 is 4.79 Å². The molecule has 1 heterocycles. The van der Waals surface area contributed by atoms with E-state index in [9.17, 15) is 9.59 Å². The largest absolute Gasteiger partial charge is 0.358 e. The van der Waals surface area contributed by atoms with Gasteiger partial charge in [0.1, 0.15) is 0 Å². The first kappa shape index (κ1) is 16.0. The molecule has 0 fully saturated rings. The molecule has 2 rings (SSSR count). The number of benzene rings is 1. The molecule has 2 aromatic rings. The van der Waals surface area contributed by atoms with Crippen molar-refractivity contribution in [2.45, 2.75) is 34.2 Å². The van der Waals surface area contributed by atoms with Crippen LogP contribution in [0.15, 0.2) is 41.2 Å². The second-order valence-corrected chi connectivity index (χ2v) is 6.47. The van der Waals surface area contributed by atoms with Crippen molar-refractivity contribution in [3.8, 4) is 11.3 Å². The number of aromatic nitrogens is 1. The van der Waals surface area contributed by atoms with Crippen LogP contribution in [0.3, 0.4) is 0 Å². The van der Waals surface area contributed by atoms with Crippen LogP contribution in [-0.2, 0) is 11.3 Å². The third kappa shape index (κ3) is 3.64. The quantitative estimate of drug-likeness (QED) is 0.915. The molecule has 4 heteroatoms. The van der Waals surface area contributed by atoms with Gasteiger partial charge < -0.3 is 10.3 Å². The van der Waals surface area contributed by atoms with Crippen LogP contribution in [0.25, 0.3) is 11.3 Å². The number of aryl methyl sites for hydroxylation is 1. The van der Waals surface area contributed by atoms with Gasteiger partial charge in [0.15, 0.2) is 5.43 Å². The first-order valence-corrected chi connectivity index (χ1v) is 7.35. The van der Waals surface area contributed by atoms with E-state index in [1.165, 1.54) is 0 Å². The van der Waals surface area contributed by atoms with Gasteiger partial charge in [-0.2, -0.15) is 0 Å². The molecule has 22 heavy (non-hydrogen) atoms. The molecular weight excluding hydrogens is 276 g/mol. The lowest BCUT2D eigenvalue weighted by Gasteiger charge is -2.18. The summed E-state index contributed by atoms with van der Waals surface area (Å²) in [5.41, 5.74) is 2.53. The van der Waals surface area contributed by atoms with E-state index in [1.807, 2.05) is 58.0 Å². The smallest absolute Gasteiger partial charge is 0.225 e. The van der Waals surface area contributed by atoms with E-state index in [-0.39, 0.29) is 17.9 Å². The highest BCUT2D eigenvalue weighted by molar-refractivity contribution is 5.81. The minimum absolute atomic E-state index is 0.0655. The van der Waals surface area contributed by atoms with Crippen molar-refractivity contribution in [1.29, 1.82) is 0 Å². The van der Waals surface area contributed by atoms with Crippen LogP contribution in [0.5, 0.6) is 0 Å². The molecule has 1 amide bonds. The van der Waals surface area contributed by atoms with Crippen LogP contribution in [0.4, 0.5) is 0 Å². The third-order valence-corrected chi connectivity index (χ3v) is 3.44. The van der Waals surface area contributed by atoms with Crippen molar-refractivity contribution in [3.63, 3.8) is 0 Å². The molecule has 116 valence electrons. The number of hydrogen-bond donors (Lipinski definition) is 2. The van der Waals surface area contributed by atoms with Gasteiger partial charge in [-0.25, -0.2) is 0 Å². The van der Waals surface area contributed by atoms with Crippen LogP contribution in [0, 0.1) is 12.3 Å². The summed E-state index contributed by atoms with van der Waals surface area (Å²) >= 11 is 0. The maximum absolute atomic E-state index is 12.3. The molecule has 0 saturated carbocycles. The summed E-state index contributed by atoms with van der Waals surface area (Å²) in [6, 6.07) is 11.2. The molecule has 1 aromatic carbocycles. The van der Waals surface area contributed by atoms with Gasteiger partial charge >= 0.3 is 0 Å². The lowest BCUT2D eigenvalue weighted by molar-refractivity contribution is -0.128. The van der Waals surface area contributed by atoms with E-state index >= 15 is 0 Å². The second-order valence-electron chi connectivity index (χ2n) is 6.47. The van der Waals surface area contributed by atoms with Crippen molar-refractivity contribution >= 4 is 5.91 Å². The molecular formula is C18H22N2O2. The SMILES string of the molecule is Cc1cc(=O)c(CNC(=O)C(C)(C)C)c(-c2ccccc2)[nH]1. The van der Waals surface area contributed by atoms with Crippen molar-refractivity contribution in [2.75, 3.05) is 0 Å². The summed E-state index contributed by atoms with van der Waals surface area (Å²) < 4.78 is 0. The lowest BCUT2D eigenvalue weighted by atomic mass is 9.95. The zero-order chi connectivity index (χ0) is 16.3. The maximum Gasteiger partial charge on any atom is 0.225 e. The number of nitrogens with one attached hydrogen (secondary N) is 2. The summed E-state index contributed by atoms with van der Waals surface area (Å²) in [6.07, 6.45) is 0. The number of pyridine rings is 1. The number of hydrogen-bond acceptors (Lipinski definition) is 2. The van der Waals surface area contributed by atoms with Gasteiger partial charge in [-0.05, 0) is 12.5 Å². The minimum Gasteiger partial charge on any atom is -0.358 e. The van der Waals surface area contributed by atoms with Gasteiger partial charge in [-0.1, -0.05) is 51.1 Å². The summed E-state index contributed by atoms with van der Waals surface area (Å²) in [7, 11) is 0. The molecule has 0 aliphatic heterocycles. The number of carbonyl (C=O) groups excluding carboxylic acids is 1. The molecule has 0 saturated heterocycles. The van der Waals surface area contributed by atoms with E-state index in [4.69, 9.17) is 0 Å². The van der Waals surface area contributed by atoms with Crippen molar-refractivity contribution in [1.82, 2.24) is 10.3 Å². The Morgan fingerprint density at radius 1 is 1.18 bits per heavy atom. The second kappa shape index (κ2) is 6.18. The summed E-state index contributed by atoms with van der Waals surface area (Å²) in [4.78, 5) is 27.6. The van der Waals surface area contributed by atoms with Gasteiger partial charge in [0, 0.05) is 29.3 Å². The molecule has 0 bridgehead atoms. The van der Waals surface area contributed by atoms with E-state index in [2.05, 4.69) is 10.3 Å². The lowest BCUT2D eigenvalue weighted by Crippen LogP contribution is -2.35. The first-order chi connectivity index (χ1) is 10.3. The average Bonchev–Trinajstić information content (AvgIpc) is 2.45. The Labute approximate surface area is 130 Å². The Bertz CT molecular complexity index is 725. The van der Waals surface area contributed by atoms with E-state index in [0.29, 0.717) is 5.56 Å². The summed E-state index contributed by atoms with van der Waals surface area (Å²) in [6.45, 7) is 7.61. The fourth-order valence-electron chi connectivity index (χ4n) is 2.18. The van der Waals surface area contributed by atoms with Crippen LogP contribution in [-0.4, -0.2) is 10.9 Å². The fraction of sp³-hybridized carbons (Fsp3) is 0.333. The van der Waals surface area contributed by atoms with E-state index in [0.717, 1.165) is 17.0 Å². The van der Waals surface area contributed by atoms with Gasteiger partial charge in [0.25, 0.3) is 0 Å². The highest BCUT2D eigenvalue weighted by Crippen LogP contribution is 2.20. The topological polar surface area (TPSA) is 62.0 Å². The Balaban J connectivity index is 2.39. The van der Waals surface area contributed by atoms with Gasteiger partial charge in [0.05, 0.1) is 5.69 Å². The monoisotopic (exact) mass is 298 g/mol. The van der Waals surface area contributed by atoms with Crippen LogP contribution in [0.2, 0.25) is 0 Å². The fourth-order valence-corrected chi connectivity index (χ4v) is 2.18. The molecule has 0 aliphatic carbocycles. The van der Waals surface area contributed by atoms with Crippen molar-refractivity contribution in [3.05, 3.63) is 57.9 Å². The zero-order valence-electron chi connectivity index (χ0n) is 13.5. The molecule has 0 unspecified atom stereocenters. The van der Waals surface area contributed by atoms with Gasteiger partial charge in [-0.15, -0.1) is 0 Å². The highest BCUT2D eigenvalue weighted by Gasteiger charge is 2.21. The number of H-pyrrole nitrogens is 1. The van der Waals surface area contributed by atoms with Gasteiger partial charge in [0.2, 0.25) is 5.91 Å². The van der Waals surface area contributed by atoms with Crippen LogP contribution >= 0.6 is 0 Å². The standard InChI is InChI=1S/C18H22N2O2/c1-12-10-15(21)14(11-19-17(22)18(2,3)4)16(20-12)13-8-6-5-7-9-13/h5-10H,11H2,1-4H3,(H,19,22)(H,20,21). The number of rotatable bonds is 3. The van der Waals surface area contributed by atoms with Crippen LogP contribution < -0.4 is 10.7 Å². The van der Waals surface area contributed by atoms with Crippen molar-refractivity contribution in [2.24, 2.45) is 5.41 Å². The van der Waals surface area contributed by atoms with E-state index in [1.54, 1.807) is 6.07 Å². The normalized spacial score (nSPS) is 11.3. The maximum atomic E-state index is 12.3. The summed E-state index contributed by atoms with van der Waals surface area (Å²) in [5.74, 6) is -0.0773. The predicted octanol–water partition coefficient (Wildman–Crippen LogP) is 3.01. The predicted molar refractivity (Wildman–Crippen MR) is 88.5 cm³/mol. The highest BCUT2D eigenvalue weighted by atomic mass is 16.2. The average molecular weight is 298 g/mol. The number of carbonyl (C=O) groups is 1. The first-order valence-electron chi connectivity index (χ1n) is 7.35. The Hall–Kier alpha value is -2.36. The number of amides is 1. The molecule has 0 atom stereocenters. The van der Waals surface area contributed by atoms with Gasteiger partial charge in [-0.3, -0.25) is 9.59 Å². The zero-order valence-corrected chi connectivity index (χ0v) is 13.5.